The minimum absolute atomic E-state index is 0.318. The number of nitrogens with zero attached hydrogens (tertiary/aromatic N) is 1. The first-order chi connectivity index (χ1) is 11.5. The molecule has 25 heavy (non-hydrogen) atoms. The van der Waals surface area contributed by atoms with Crippen molar-refractivity contribution in [2.45, 2.75) is 18.0 Å². The lowest BCUT2D eigenvalue weighted by atomic mass is 9.71. The van der Waals surface area contributed by atoms with Crippen molar-refractivity contribution < 1.29 is 37.1 Å². The summed E-state index contributed by atoms with van der Waals surface area (Å²) in [5, 5.41) is 0. The van der Waals surface area contributed by atoms with Crippen LogP contribution in [0.25, 0.3) is 0 Å². The molecule has 1 atom stereocenters. The summed E-state index contributed by atoms with van der Waals surface area (Å²) in [5.41, 5.74) is 0.583. The fourth-order valence-electron chi connectivity index (χ4n) is 2.81. The van der Waals surface area contributed by atoms with Crippen molar-refractivity contribution in [1.29, 1.82) is 0 Å². The second kappa shape index (κ2) is 5.87. The van der Waals surface area contributed by atoms with Gasteiger partial charge in [-0.25, -0.2) is 0 Å². The number of primary amides is 1. The first-order valence-electron chi connectivity index (χ1n) is 6.87. The van der Waals surface area contributed by atoms with E-state index in [9.17, 15) is 32.3 Å². The minimum Gasteiger partial charge on any atom is -0.468 e. The van der Waals surface area contributed by atoms with Crippen molar-refractivity contribution in [1.82, 2.24) is 4.90 Å². The average Bonchev–Trinajstić information content (AvgIpc) is 2.54. The number of halogens is 3. The molecule has 0 saturated carbocycles. The van der Waals surface area contributed by atoms with E-state index in [-0.39, 0.29) is 5.56 Å². The van der Waals surface area contributed by atoms with Crippen molar-refractivity contribution in [3.8, 4) is 0 Å². The van der Waals surface area contributed by atoms with Gasteiger partial charge in [0.05, 0.1) is 19.1 Å². The molecular weight excluding hydrogens is 345 g/mol. The smallest absolute Gasteiger partial charge is 0.416 e. The predicted octanol–water partition coefficient (Wildman–Crippen LogP) is 0.604. The van der Waals surface area contributed by atoms with Crippen molar-refractivity contribution in [2.24, 2.45) is 5.73 Å². The lowest BCUT2D eigenvalue weighted by Crippen LogP contribution is -2.58. The molecular formula is C15H13F3N2O5. The maximum atomic E-state index is 13.0. The third-order valence-corrected chi connectivity index (χ3v) is 3.98. The van der Waals surface area contributed by atoms with Crippen LogP contribution in [0.5, 0.6) is 0 Å². The lowest BCUT2D eigenvalue weighted by Gasteiger charge is -2.38. The SMILES string of the molecule is COC(=O)C1(CC(N)=O)C(=O)N(C)C(=O)c2ccc(C(F)(F)F)cc21. The number of rotatable bonds is 3. The first kappa shape index (κ1) is 18.4. The summed E-state index contributed by atoms with van der Waals surface area (Å²) in [6.45, 7) is 0. The van der Waals surface area contributed by atoms with Crippen LogP contribution >= 0.6 is 0 Å². The number of methoxy groups -OCH3 is 1. The number of fused-ring (bicyclic) bond motifs is 1. The highest BCUT2D eigenvalue weighted by Crippen LogP contribution is 2.41. The number of carbonyl (C=O) groups is 4. The monoisotopic (exact) mass is 358 g/mol. The van der Waals surface area contributed by atoms with Gasteiger partial charge in [0.1, 0.15) is 0 Å². The highest BCUT2D eigenvalue weighted by atomic mass is 19.4. The molecule has 2 rings (SSSR count). The Labute approximate surface area is 139 Å². The Kier molecular flexibility index (Phi) is 4.32. The number of nitrogens with two attached hydrogens (primary N) is 1. The number of esters is 1. The first-order valence-corrected chi connectivity index (χ1v) is 6.87. The Balaban J connectivity index is 2.89. The number of imide groups is 1. The second-order valence-electron chi connectivity index (χ2n) is 5.47. The Bertz CT molecular complexity index is 790. The Morgan fingerprint density at radius 2 is 1.88 bits per heavy atom. The molecule has 2 N–H and O–H groups in total. The van der Waals surface area contributed by atoms with E-state index in [0.717, 1.165) is 20.2 Å². The van der Waals surface area contributed by atoms with E-state index >= 15 is 0 Å². The lowest BCUT2D eigenvalue weighted by molar-refractivity contribution is -0.158. The van der Waals surface area contributed by atoms with E-state index in [4.69, 9.17) is 5.73 Å². The van der Waals surface area contributed by atoms with Gasteiger partial charge in [0.15, 0.2) is 5.41 Å². The zero-order valence-corrected chi connectivity index (χ0v) is 13.1. The molecule has 1 aromatic rings. The Morgan fingerprint density at radius 1 is 1.28 bits per heavy atom. The largest absolute Gasteiger partial charge is 0.468 e. The maximum absolute atomic E-state index is 13.0. The van der Waals surface area contributed by atoms with E-state index in [1.54, 1.807) is 0 Å². The molecule has 1 aromatic carbocycles. The molecule has 0 bridgehead atoms. The predicted molar refractivity (Wildman–Crippen MR) is 76.0 cm³/mol. The molecule has 1 aliphatic heterocycles. The summed E-state index contributed by atoms with van der Waals surface area (Å²) in [5.74, 6) is -4.49. The molecule has 0 aliphatic carbocycles. The summed E-state index contributed by atoms with van der Waals surface area (Å²) in [4.78, 5) is 49.2. The van der Waals surface area contributed by atoms with Crippen LogP contribution in [-0.4, -0.2) is 42.7 Å². The van der Waals surface area contributed by atoms with Crippen LogP contribution in [0.4, 0.5) is 13.2 Å². The number of hydrogen-bond donors (Lipinski definition) is 1. The molecule has 0 radical (unpaired) electrons. The normalized spacial score (nSPS) is 20.3. The molecule has 0 spiro atoms. The van der Waals surface area contributed by atoms with Gasteiger partial charge < -0.3 is 10.5 Å². The molecule has 3 amide bonds. The van der Waals surface area contributed by atoms with Gasteiger partial charge in [-0.3, -0.25) is 24.1 Å². The average molecular weight is 358 g/mol. The molecule has 7 nitrogen and oxygen atoms in total. The number of ether oxygens (including phenoxy) is 1. The highest BCUT2D eigenvalue weighted by Gasteiger charge is 2.57. The van der Waals surface area contributed by atoms with Gasteiger partial charge in [0, 0.05) is 12.6 Å². The van der Waals surface area contributed by atoms with Crippen molar-refractivity contribution in [2.75, 3.05) is 14.2 Å². The number of carbonyl (C=O) groups excluding carboxylic acids is 4. The van der Waals surface area contributed by atoms with E-state index < -0.39 is 52.8 Å². The van der Waals surface area contributed by atoms with Crippen LogP contribution in [0, 0.1) is 0 Å². The second-order valence-corrected chi connectivity index (χ2v) is 5.47. The van der Waals surface area contributed by atoms with Gasteiger partial charge in [-0.1, -0.05) is 0 Å². The van der Waals surface area contributed by atoms with Gasteiger partial charge in [-0.05, 0) is 23.8 Å². The standard InChI is InChI=1S/C15H13F3N2O5/c1-20-11(22)8-4-3-7(15(16,17)18)5-9(8)14(12(20)23,6-10(19)21)13(24)25-2/h3-5H,6H2,1-2H3,(H2,19,21). The molecule has 134 valence electrons. The van der Waals surface area contributed by atoms with Crippen LogP contribution in [0.15, 0.2) is 18.2 Å². The van der Waals surface area contributed by atoms with Crippen molar-refractivity contribution in [3.05, 3.63) is 34.9 Å². The molecule has 1 unspecified atom stereocenters. The topological polar surface area (TPSA) is 107 Å². The van der Waals surface area contributed by atoms with Crippen molar-refractivity contribution >= 4 is 23.7 Å². The zero-order valence-electron chi connectivity index (χ0n) is 13.1. The molecule has 1 heterocycles. The fourth-order valence-corrected chi connectivity index (χ4v) is 2.81. The fraction of sp³-hybridized carbons (Fsp3) is 0.333. The number of likely N-dealkylation sites (N-methyl/N-ethyl adjacent to an activating group) is 1. The van der Waals surface area contributed by atoms with Gasteiger partial charge in [0.25, 0.3) is 11.8 Å². The zero-order chi connectivity index (χ0) is 19.2. The number of amides is 3. The molecule has 0 fully saturated rings. The van der Waals surface area contributed by atoms with E-state index in [1.165, 1.54) is 0 Å². The highest BCUT2D eigenvalue weighted by molar-refractivity contribution is 6.22. The van der Waals surface area contributed by atoms with Crippen LogP contribution < -0.4 is 5.73 Å². The van der Waals surface area contributed by atoms with Gasteiger partial charge in [0.2, 0.25) is 5.91 Å². The van der Waals surface area contributed by atoms with Gasteiger partial charge >= 0.3 is 12.1 Å². The minimum atomic E-state index is -4.79. The summed E-state index contributed by atoms with van der Waals surface area (Å²) in [6, 6.07) is 1.99. The molecule has 0 aromatic heterocycles. The number of benzene rings is 1. The quantitative estimate of drug-likeness (QED) is 0.484. The third-order valence-electron chi connectivity index (χ3n) is 3.98. The van der Waals surface area contributed by atoms with E-state index in [0.29, 0.717) is 17.0 Å². The van der Waals surface area contributed by atoms with Crippen LogP contribution in [0.1, 0.15) is 27.9 Å². The van der Waals surface area contributed by atoms with Crippen LogP contribution in [-0.2, 0) is 30.7 Å². The summed E-state index contributed by atoms with van der Waals surface area (Å²) >= 11 is 0. The van der Waals surface area contributed by atoms with Crippen LogP contribution in [0.3, 0.4) is 0 Å². The van der Waals surface area contributed by atoms with E-state index in [2.05, 4.69) is 4.74 Å². The molecule has 1 aliphatic rings. The van der Waals surface area contributed by atoms with Gasteiger partial charge in [-0.15, -0.1) is 0 Å². The van der Waals surface area contributed by atoms with E-state index in [1.807, 2.05) is 0 Å². The van der Waals surface area contributed by atoms with Crippen molar-refractivity contribution in [3.63, 3.8) is 0 Å². The van der Waals surface area contributed by atoms with Crippen LogP contribution in [0.2, 0.25) is 0 Å². The number of hydrogen-bond acceptors (Lipinski definition) is 5. The summed E-state index contributed by atoms with van der Waals surface area (Å²) < 4.78 is 43.7. The molecule has 10 heteroatoms. The summed E-state index contributed by atoms with van der Waals surface area (Å²) in [6.07, 6.45) is -5.73. The summed E-state index contributed by atoms with van der Waals surface area (Å²) in [7, 11) is 1.95. The third kappa shape index (κ3) is 2.73. The number of alkyl halides is 3. The Morgan fingerprint density at radius 3 is 2.36 bits per heavy atom. The molecule has 0 saturated heterocycles. The van der Waals surface area contributed by atoms with Gasteiger partial charge in [-0.2, -0.15) is 13.2 Å². The Hall–Kier alpha value is -2.91. The maximum Gasteiger partial charge on any atom is 0.416 e.